The molecule has 0 fully saturated rings. The van der Waals surface area contributed by atoms with Crippen molar-refractivity contribution in [3.05, 3.63) is 29.1 Å². The molecule has 1 N–H and O–H groups in total. The van der Waals surface area contributed by atoms with Crippen LogP contribution in [0, 0.1) is 0 Å². The van der Waals surface area contributed by atoms with Crippen molar-refractivity contribution in [1.29, 1.82) is 0 Å². The Kier molecular flexibility index (Phi) is 7.26. The molecule has 158 valence electrons. The molecule has 29 heavy (non-hydrogen) atoms. The lowest BCUT2D eigenvalue weighted by Crippen LogP contribution is -2.35. The highest BCUT2D eigenvalue weighted by atomic mass is 32.2. The van der Waals surface area contributed by atoms with Crippen LogP contribution in [0.15, 0.2) is 23.6 Å². The van der Waals surface area contributed by atoms with Gasteiger partial charge in [-0.05, 0) is 36.6 Å². The highest BCUT2D eigenvalue weighted by Gasteiger charge is 2.22. The van der Waals surface area contributed by atoms with Crippen LogP contribution in [0.2, 0.25) is 0 Å². The number of nitrogens with zero attached hydrogens (tertiary/aromatic N) is 2. The molecular weight excluding hydrogens is 410 g/mol. The van der Waals surface area contributed by atoms with Crippen molar-refractivity contribution >= 4 is 32.4 Å². The summed E-state index contributed by atoms with van der Waals surface area (Å²) in [5.41, 5.74) is 2.92. The van der Waals surface area contributed by atoms with Gasteiger partial charge in [0, 0.05) is 36.9 Å². The van der Waals surface area contributed by atoms with Gasteiger partial charge in [-0.3, -0.25) is 4.79 Å². The molecule has 1 aliphatic rings. The first kappa shape index (κ1) is 21.7. The minimum Gasteiger partial charge on any atom is -0.493 e. The predicted octanol–water partition coefficient (Wildman–Crippen LogP) is 3.53. The normalized spacial score (nSPS) is 13.3. The highest BCUT2D eigenvalue weighted by Crippen LogP contribution is 2.31. The second kappa shape index (κ2) is 9.69. The summed E-state index contributed by atoms with van der Waals surface area (Å²) in [6.07, 6.45) is 2.31. The molecule has 0 unspecified atom stereocenters. The summed E-state index contributed by atoms with van der Waals surface area (Å²) in [5.74, 6) is 0.380. The fourth-order valence-electron chi connectivity index (χ4n) is 3.23. The van der Waals surface area contributed by atoms with E-state index < -0.39 is 10.0 Å². The van der Waals surface area contributed by atoms with E-state index in [1.807, 2.05) is 31.4 Å². The Hall–Kier alpha value is -1.97. The molecular formula is C20H27N3O4S2. The Morgan fingerprint density at radius 3 is 2.76 bits per heavy atom. The molecule has 0 atom stereocenters. The SMILES string of the molecule is CCCN(CCC)S(=O)(=O)CCC(=O)Nc1nc(-c2ccc3c(c2)CCO3)cs1. The van der Waals surface area contributed by atoms with Gasteiger partial charge in [-0.15, -0.1) is 11.3 Å². The average Bonchev–Trinajstić information content (AvgIpc) is 3.35. The molecule has 3 rings (SSSR count). The fourth-order valence-corrected chi connectivity index (χ4v) is 5.59. The molecule has 1 aliphatic heterocycles. The van der Waals surface area contributed by atoms with E-state index in [9.17, 15) is 13.2 Å². The molecule has 9 heteroatoms. The van der Waals surface area contributed by atoms with Crippen LogP contribution < -0.4 is 10.1 Å². The standard InChI is InChI=1S/C20H27N3O4S2/c1-3-9-23(10-4-2)29(25,26)12-8-19(24)22-20-21-17(14-28-20)15-5-6-18-16(13-15)7-11-27-18/h5-6,13-14H,3-4,7-12H2,1-2H3,(H,21,22,24). The van der Waals surface area contributed by atoms with Gasteiger partial charge < -0.3 is 10.1 Å². The monoisotopic (exact) mass is 437 g/mol. The van der Waals surface area contributed by atoms with Crippen molar-refractivity contribution < 1.29 is 17.9 Å². The number of sulfonamides is 1. The van der Waals surface area contributed by atoms with Gasteiger partial charge in [-0.2, -0.15) is 0 Å². The zero-order valence-electron chi connectivity index (χ0n) is 16.8. The van der Waals surface area contributed by atoms with Gasteiger partial charge in [0.15, 0.2) is 5.13 Å². The summed E-state index contributed by atoms with van der Waals surface area (Å²) in [7, 11) is -3.43. The lowest BCUT2D eigenvalue weighted by Gasteiger charge is -2.20. The summed E-state index contributed by atoms with van der Waals surface area (Å²) in [5, 5.41) is 5.07. The summed E-state index contributed by atoms with van der Waals surface area (Å²) in [4.78, 5) is 16.7. The van der Waals surface area contributed by atoms with E-state index in [1.165, 1.54) is 15.6 Å². The van der Waals surface area contributed by atoms with Crippen molar-refractivity contribution in [3.63, 3.8) is 0 Å². The van der Waals surface area contributed by atoms with E-state index in [0.29, 0.717) is 24.8 Å². The molecule has 0 radical (unpaired) electrons. The van der Waals surface area contributed by atoms with Crippen LogP contribution in [-0.2, 0) is 21.2 Å². The number of aromatic nitrogens is 1. The first-order valence-corrected chi connectivity index (χ1v) is 12.4. The van der Waals surface area contributed by atoms with E-state index in [4.69, 9.17) is 4.74 Å². The van der Waals surface area contributed by atoms with Crippen LogP contribution >= 0.6 is 11.3 Å². The molecule has 1 amide bonds. The Morgan fingerprint density at radius 2 is 2.03 bits per heavy atom. The number of anilines is 1. The summed E-state index contributed by atoms with van der Waals surface area (Å²) >= 11 is 1.33. The molecule has 1 aromatic carbocycles. The first-order chi connectivity index (χ1) is 13.9. The average molecular weight is 438 g/mol. The number of carbonyl (C=O) groups is 1. The van der Waals surface area contributed by atoms with Crippen LogP contribution in [-0.4, -0.2) is 49.1 Å². The topological polar surface area (TPSA) is 88.6 Å². The zero-order chi connectivity index (χ0) is 20.9. The van der Waals surface area contributed by atoms with E-state index in [-0.39, 0.29) is 18.1 Å². The van der Waals surface area contributed by atoms with Gasteiger partial charge in [0.1, 0.15) is 5.75 Å². The van der Waals surface area contributed by atoms with Gasteiger partial charge in [0.2, 0.25) is 15.9 Å². The second-order valence-electron chi connectivity index (χ2n) is 6.97. The largest absolute Gasteiger partial charge is 0.493 e. The van der Waals surface area contributed by atoms with E-state index >= 15 is 0 Å². The van der Waals surface area contributed by atoms with Crippen LogP contribution in [0.3, 0.4) is 0 Å². The number of hydrogen-bond acceptors (Lipinski definition) is 6. The maximum Gasteiger partial charge on any atom is 0.227 e. The minimum atomic E-state index is -3.43. The maximum atomic E-state index is 12.5. The van der Waals surface area contributed by atoms with Gasteiger partial charge >= 0.3 is 0 Å². The third-order valence-electron chi connectivity index (χ3n) is 4.66. The third kappa shape index (κ3) is 5.55. The third-order valence-corrected chi connectivity index (χ3v) is 7.29. The quantitative estimate of drug-likeness (QED) is 0.614. The van der Waals surface area contributed by atoms with E-state index in [1.54, 1.807) is 0 Å². The van der Waals surface area contributed by atoms with Crippen LogP contribution in [0.5, 0.6) is 5.75 Å². The zero-order valence-corrected chi connectivity index (χ0v) is 18.4. The molecule has 7 nitrogen and oxygen atoms in total. The van der Waals surface area contributed by atoms with Crippen LogP contribution in [0.4, 0.5) is 5.13 Å². The Bertz CT molecular complexity index is 950. The number of fused-ring (bicyclic) bond motifs is 1. The van der Waals surface area contributed by atoms with Gasteiger partial charge in [0.25, 0.3) is 0 Å². The number of amides is 1. The molecule has 2 heterocycles. The lowest BCUT2D eigenvalue weighted by atomic mass is 10.1. The summed E-state index contributed by atoms with van der Waals surface area (Å²) < 4.78 is 31.9. The number of hydrogen-bond donors (Lipinski definition) is 1. The molecule has 1 aromatic heterocycles. The van der Waals surface area contributed by atoms with Crippen LogP contribution in [0.25, 0.3) is 11.3 Å². The summed E-state index contributed by atoms with van der Waals surface area (Å²) in [6, 6.07) is 5.96. The van der Waals surface area contributed by atoms with Crippen molar-refractivity contribution in [2.75, 3.05) is 30.8 Å². The Morgan fingerprint density at radius 1 is 1.28 bits per heavy atom. The molecule has 0 aliphatic carbocycles. The van der Waals surface area contributed by atoms with E-state index in [0.717, 1.165) is 41.8 Å². The Labute approximate surface area is 176 Å². The second-order valence-corrected chi connectivity index (χ2v) is 9.92. The lowest BCUT2D eigenvalue weighted by molar-refractivity contribution is -0.115. The maximum absolute atomic E-state index is 12.5. The number of carbonyl (C=O) groups excluding carboxylic acids is 1. The Balaban J connectivity index is 1.57. The molecule has 0 saturated carbocycles. The van der Waals surface area contributed by atoms with Crippen molar-refractivity contribution in [3.8, 4) is 17.0 Å². The van der Waals surface area contributed by atoms with Crippen molar-refractivity contribution in [1.82, 2.24) is 9.29 Å². The molecule has 2 aromatic rings. The number of ether oxygens (including phenoxy) is 1. The van der Waals surface area contributed by atoms with Crippen molar-refractivity contribution in [2.24, 2.45) is 0 Å². The highest BCUT2D eigenvalue weighted by molar-refractivity contribution is 7.89. The molecule has 0 spiro atoms. The van der Waals surface area contributed by atoms with Gasteiger partial charge in [-0.1, -0.05) is 13.8 Å². The number of nitrogens with one attached hydrogen (secondary N) is 1. The van der Waals surface area contributed by atoms with Gasteiger partial charge in [-0.25, -0.2) is 17.7 Å². The van der Waals surface area contributed by atoms with Gasteiger partial charge in [0.05, 0.1) is 18.1 Å². The smallest absolute Gasteiger partial charge is 0.227 e. The number of rotatable bonds is 10. The fraction of sp³-hybridized carbons (Fsp3) is 0.500. The minimum absolute atomic E-state index is 0.0860. The van der Waals surface area contributed by atoms with Crippen LogP contribution in [0.1, 0.15) is 38.7 Å². The number of benzene rings is 1. The summed E-state index contributed by atoms with van der Waals surface area (Å²) in [6.45, 7) is 5.56. The molecule has 0 bridgehead atoms. The number of thiazole rings is 1. The predicted molar refractivity (Wildman–Crippen MR) is 116 cm³/mol. The van der Waals surface area contributed by atoms with Crippen molar-refractivity contribution in [2.45, 2.75) is 39.5 Å². The molecule has 0 saturated heterocycles. The first-order valence-electron chi connectivity index (χ1n) is 9.92. The van der Waals surface area contributed by atoms with E-state index in [2.05, 4.69) is 16.4 Å².